The largest absolute Gasteiger partial charge is 0.378 e. The Hall–Kier alpha value is -1.09. The maximum absolute atomic E-state index is 5.96. The molecule has 23 heavy (non-hydrogen) atoms. The van der Waals surface area contributed by atoms with Crippen LogP contribution < -0.4 is 16.0 Å². The van der Waals surface area contributed by atoms with E-state index in [1.807, 2.05) is 12.3 Å². The Kier molecular flexibility index (Phi) is 7.35. The number of morpholine rings is 1. The lowest BCUT2D eigenvalue weighted by Gasteiger charge is -2.29. The Morgan fingerprint density at radius 1 is 1.39 bits per heavy atom. The van der Waals surface area contributed by atoms with E-state index < -0.39 is 0 Å². The molecule has 7 heteroatoms. The third kappa shape index (κ3) is 5.20. The summed E-state index contributed by atoms with van der Waals surface area (Å²) in [6.45, 7) is 4.77. The van der Waals surface area contributed by atoms with Crippen molar-refractivity contribution in [2.24, 2.45) is 16.6 Å². The van der Waals surface area contributed by atoms with Crippen molar-refractivity contribution in [2.75, 3.05) is 37.7 Å². The summed E-state index contributed by atoms with van der Waals surface area (Å²) in [7, 11) is 0. The number of aliphatic imine (C=N–C) groups is 1. The number of anilines is 1. The van der Waals surface area contributed by atoms with Crippen molar-refractivity contribution >= 4 is 35.8 Å². The molecule has 128 valence electrons. The second-order valence-electron chi connectivity index (χ2n) is 5.96. The van der Waals surface area contributed by atoms with Crippen LogP contribution in [0.4, 0.5) is 5.82 Å². The van der Waals surface area contributed by atoms with Gasteiger partial charge in [-0.1, -0.05) is 12.5 Å². The molecule has 2 heterocycles. The lowest BCUT2D eigenvalue weighted by atomic mass is 9.85. The summed E-state index contributed by atoms with van der Waals surface area (Å²) in [5.41, 5.74) is 7.07. The highest BCUT2D eigenvalue weighted by Gasteiger charge is 2.17. The highest BCUT2D eigenvalue weighted by Crippen LogP contribution is 2.25. The Labute approximate surface area is 154 Å². The van der Waals surface area contributed by atoms with Crippen LogP contribution >= 0.6 is 24.0 Å². The van der Waals surface area contributed by atoms with E-state index in [1.54, 1.807) is 0 Å². The maximum atomic E-state index is 5.96. The van der Waals surface area contributed by atoms with E-state index in [0.717, 1.165) is 50.1 Å². The predicted octanol–water partition coefficient (Wildman–Crippen LogP) is 1.74. The van der Waals surface area contributed by atoms with E-state index >= 15 is 0 Å². The van der Waals surface area contributed by atoms with Gasteiger partial charge < -0.3 is 20.7 Å². The molecule has 1 aromatic rings. The number of nitrogens with zero attached hydrogens (tertiary/aromatic N) is 3. The molecule has 1 aliphatic carbocycles. The van der Waals surface area contributed by atoms with Crippen LogP contribution in [0.5, 0.6) is 0 Å². The lowest BCUT2D eigenvalue weighted by Crippen LogP contribution is -2.38. The molecule has 2 fully saturated rings. The first-order chi connectivity index (χ1) is 10.8. The van der Waals surface area contributed by atoms with Gasteiger partial charge in [0.05, 0.1) is 19.8 Å². The Morgan fingerprint density at radius 2 is 2.17 bits per heavy atom. The molecule has 3 rings (SSSR count). The zero-order chi connectivity index (χ0) is 15.2. The molecule has 0 radical (unpaired) electrons. The van der Waals surface area contributed by atoms with E-state index in [1.165, 1.54) is 19.3 Å². The molecule has 1 saturated heterocycles. The normalized spacial score (nSPS) is 19.0. The van der Waals surface area contributed by atoms with Crippen molar-refractivity contribution in [3.05, 3.63) is 23.9 Å². The van der Waals surface area contributed by atoms with Crippen LogP contribution in [0, 0.1) is 5.92 Å². The van der Waals surface area contributed by atoms with Gasteiger partial charge in [0, 0.05) is 31.4 Å². The van der Waals surface area contributed by atoms with Gasteiger partial charge in [0.1, 0.15) is 5.82 Å². The first kappa shape index (κ1) is 18.3. The van der Waals surface area contributed by atoms with Crippen molar-refractivity contribution in [1.29, 1.82) is 0 Å². The summed E-state index contributed by atoms with van der Waals surface area (Å²) in [6.07, 6.45) is 5.80. The third-order valence-electron chi connectivity index (χ3n) is 4.39. The van der Waals surface area contributed by atoms with Crippen LogP contribution in [0.2, 0.25) is 0 Å². The number of rotatable bonds is 5. The van der Waals surface area contributed by atoms with Gasteiger partial charge in [0.15, 0.2) is 5.96 Å². The molecule has 1 aliphatic heterocycles. The SMILES string of the molecule is I.NC(=NCc1cccnc1N1CCOCC1)NCC1CCC1. The van der Waals surface area contributed by atoms with Gasteiger partial charge in [-0.25, -0.2) is 9.98 Å². The van der Waals surface area contributed by atoms with Crippen molar-refractivity contribution in [2.45, 2.75) is 25.8 Å². The fourth-order valence-corrected chi connectivity index (χ4v) is 2.79. The number of pyridine rings is 1. The van der Waals surface area contributed by atoms with E-state index in [9.17, 15) is 0 Å². The minimum absolute atomic E-state index is 0. The minimum Gasteiger partial charge on any atom is -0.378 e. The average Bonchev–Trinajstić information content (AvgIpc) is 2.52. The van der Waals surface area contributed by atoms with Crippen LogP contribution in [0.25, 0.3) is 0 Å². The molecule has 2 aliphatic rings. The molecule has 0 unspecified atom stereocenters. The number of hydrogen-bond donors (Lipinski definition) is 2. The highest BCUT2D eigenvalue weighted by molar-refractivity contribution is 14.0. The fourth-order valence-electron chi connectivity index (χ4n) is 2.79. The zero-order valence-electron chi connectivity index (χ0n) is 13.4. The first-order valence-electron chi connectivity index (χ1n) is 8.13. The minimum atomic E-state index is 0. The summed E-state index contributed by atoms with van der Waals surface area (Å²) >= 11 is 0. The topological polar surface area (TPSA) is 75.8 Å². The van der Waals surface area contributed by atoms with E-state index in [0.29, 0.717) is 12.5 Å². The fraction of sp³-hybridized carbons (Fsp3) is 0.625. The lowest BCUT2D eigenvalue weighted by molar-refractivity contribution is 0.122. The van der Waals surface area contributed by atoms with E-state index in [4.69, 9.17) is 10.5 Å². The molecule has 0 bridgehead atoms. The van der Waals surface area contributed by atoms with Crippen molar-refractivity contribution < 1.29 is 4.74 Å². The molecular weight excluding hydrogens is 405 g/mol. The summed E-state index contributed by atoms with van der Waals surface area (Å²) in [5.74, 6) is 2.31. The second-order valence-corrected chi connectivity index (χ2v) is 5.96. The van der Waals surface area contributed by atoms with Gasteiger partial charge in [-0.15, -0.1) is 24.0 Å². The van der Waals surface area contributed by atoms with Crippen LogP contribution in [0.15, 0.2) is 23.3 Å². The molecular formula is C16H26IN5O. The van der Waals surface area contributed by atoms with Crippen molar-refractivity contribution in [1.82, 2.24) is 10.3 Å². The quantitative estimate of drug-likeness (QED) is 0.422. The third-order valence-corrected chi connectivity index (χ3v) is 4.39. The molecule has 0 amide bonds. The van der Waals surface area contributed by atoms with E-state index in [-0.39, 0.29) is 24.0 Å². The number of hydrogen-bond acceptors (Lipinski definition) is 4. The van der Waals surface area contributed by atoms with Crippen molar-refractivity contribution in [3.63, 3.8) is 0 Å². The van der Waals surface area contributed by atoms with Gasteiger partial charge in [-0.2, -0.15) is 0 Å². The van der Waals surface area contributed by atoms with Crippen LogP contribution in [0.1, 0.15) is 24.8 Å². The van der Waals surface area contributed by atoms with Gasteiger partial charge in [-0.05, 0) is 24.8 Å². The Bertz CT molecular complexity index is 515. The standard InChI is InChI=1S/C16H25N5O.HI/c17-16(19-11-13-3-1-4-13)20-12-14-5-2-6-18-15(14)21-7-9-22-10-8-21;/h2,5-6,13H,1,3-4,7-12H2,(H3,17,19,20);1H. The van der Waals surface area contributed by atoms with Gasteiger partial charge >= 0.3 is 0 Å². The molecule has 6 nitrogen and oxygen atoms in total. The molecule has 1 saturated carbocycles. The molecule has 1 aromatic heterocycles. The molecule has 3 N–H and O–H groups in total. The molecule has 0 atom stereocenters. The Morgan fingerprint density at radius 3 is 2.87 bits per heavy atom. The highest BCUT2D eigenvalue weighted by atomic mass is 127. The van der Waals surface area contributed by atoms with Crippen molar-refractivity contribution in [3.8, 4) is 0 Å². The average molecular weight is 431 g/mol. The van der Waals surface area contributed by atoms with Crippen LogP contribution in [0.3, 0.4) is 0 Å². The number of nitrogens with two attached hydrogens (primary N) is 1. The summed E-state index contributed by atoms with van der Waals surface area (Å²) in [5, 5.41) is 3.23. The van der Waals surface area contributed by atoms with Gasteiger partial charge in [0.25, 0.3) is 0 Å². The van der Waals surface area contributed by atoms with Gasteiger partial charge in [-0.3, -0.25) is 0 Å². The zero-order valence-corrected chi connectivity index (χ0v) is 15.7. The first-order valence-corrected chi connectivity index (χ1v) is 8.13. The van der Waals surface area contributed by atoms with E-state index in [2.05, 4.69) is 26.3 Å². The molecule has 0 spiro atoms. The summed E-state index contributed by atoms with van der Waals surface area (Å²) < 4.78 is 5.40. The van der Waals surface area contributed by atoms with Gasteiger partial charge in [0.2, 0.25) is 0 Å². The summed E-state index contributed by atoms with van der Waals surface area (Å²) in [6, 6.07) is 4.02. The number of halogens is 1. The Balaban J connectivity index is 0.00000192. The maximum Gasteiger partial charge on any atom is 0.188 e. The van der Waals surface area contributed by atoms with Crippen LogP contribution in [-0.2, 0) is 11.3 Å². The van der Waals surface area contributed by atoms with Crippen LogP contribution in [-0.4, -0.2) is 43.8 Å². The number of nitrogens with one attached hydrogen (secondary N) is 1. The number of guanidine groups is 1. The number of aromatic nitrogens is 1. The predicted molar refractivity (Wildman–Crippen MR) is 103 cm³/mol. The molecule has 0 aromatic carbocycles. The smallest absolute Gasteiger partial charge is 0.188 e. The summed E-state index contributed by atoms with van der Waals surface area (Å²) in [4.78, 5) is 11.2. The second kappa shape index (κ2) is 9.27. The number of ether oxygens (including phenoxy) is 1. The monoisotopic (exact) mass is 431 g/mol.